The summed E-state index contributed by atoms with van der Waals surface area (Å²) in [7, 11) is 0. The second kappa shape index (κ2) is 7.40. The number of nitrogens with two attached hydrogens (primary N) is 1. The fraction of sp³-hybridized carbons (Fsp3) is 0.933. The summed E-state index contributed by atoms with van der Waals surface area (Å²) in [5, 5.41) is 0. The van der Waals surface area contributed by atoms with Crippen LogP contribution in [0, 0.1) is 11.3 Å². The van der Waals surface area contributed by atoms with Gasteiger partial charge in [-0.05, 0) is 0 Å². The van der Waals surface area contributed by atoms with Crippen molar-refractivity contribution in [2.75, 3.05) is 0 Å². The zero-order valence-electron chi connectivity index (χ0n) is 14.3. The van der Waals surface area contributed by atoms with Gasteiger partial charge in [0.1, 0.15) is 0 Å². The number of carbonyl (C=O) groups is 1. The van der Waals surface area contributed by atoms with E-state index in [2.05, 4.69) is 31.2 Å². The summed E-state index contributed by atoms with van der Waals surface area (Å²) < 4.78 is 15.0. The number of ether oxygens (including phenoxy) is 1. The van der Waals surface area contributed by atoms with Gasteiger partial charge in [0.2, 0.25) is 0 Å². The summed E-state index contributed by atoms with van der Waals surface area (Å²) >= 11 is -0.567. The normalized spacial score (nSPS) is 18.7. The molecule has 0 aliphatic rings. The van der Waals surface area contributed by atoms with Crippen molar-refractivity contribution in [3.05, 3.63) is 0 Å². The molecule has 2 unspecified atom stereocenters. The molecular formula is C15H32IN2O2-. The van der Waals surface area contributed by atoms with Crippen molar-refractivity contribution >= 4 is 5.97 Å². The minimum absolute atomic E-state index is 0.107. The molecule has 122 valence electrons. The molecule has 0 aromatic heterocycles. The van der Waals surface area contributed by atoms with Gasteiger partial charge in [0, 0.05) is 0 Å². The second-order valence-corrected chi connectivity index (χ2v) is 7.89. The average molecular weight is 399 g/mol. The van der Waals surface area contributed by atoms with E-state index in [4.69, 9.17) is 8.68 Å². The summed E-state index contributed by atoms with van der Waals surface area (Å²) in [4.78, 5) is 12.7. The number of esters is 1. The predicted molar refractivity (Wildman–Crippen MR) is 79.4 cm³/mol. The molecule has 0 aromatic carbocycles. The zero-order valence-corrected chi connectivity index (χ0v) is 16.4. The van der Waals surface area contributed by atoms with E-state index in [1.165, 1.54) is 0 Å². The van der Waals surface area contributed by atoms with Gasteiger partial charge in [-0.3, -0.25) is 0 Å². The van der Waals surface area contributed by atoms with Gasteiger partial charge in [-0.2, -0.15) is 0 Å². The maximum atomic E-state index is 12.7. The molecule has 0 amide bonds. The molecule has 4 nitrogen and oxygen atoms in total. The fourth-order valence-corrected chi connectivity index (χ4v) is 3.34. The van der Waals surface area contributed by atoms with Gasteiger partial charge >= 0.3 is 135 Å². The molecule has 0 bridgehead atoms. The number of nitrogens with one attached hydrogen (secondary N) is 1. The van der Waals surface area contributed by atoms with Crippen LogP contribution < -0.4 is 29.2 Å². The topological polar surface area (TPSA) is 64.3 Å². The van der Waals surface area contributed by atoms with Gasteiger partial charge in [-0.1, -0.05) is 0 Å². The number of hydrogen-bond donors (Lipinski definition) is 2. The van der Waals surface area contributed by atoms with E-state index >= 15 is 0 Å². The molecule has 5 heteroatoms. The van der Waals surface area contributed by atoms with Crippen LogP contribution in [0.3, 0.4) is 0 Å². The molecule has 3 N–H and O–H groups in total. The fourth-order valence-electron chi connectivity index (χ4n) is 1.99. The Morgan fingerprint density at radius 1 is 1.20 bits per heavy atom. The molecule has 0 rings (SSSR count). The van der Waals surface area contributed by atoms with Crippen LogP contribution in [0.4, 0.5) is 0 Å². The van der Waals surface area contributed by atoms with Crippen molar-refractivity contribution in [1.82, 2.24) is 3.53 Å². The van der Waals surface area contributed by atoms with Gasteiger partial charge in [0.15, 0.2) is 0 Å². The molecule has 0 heterocycles. The molecule has 0 aromatic rings. The molecular weight excluding hydrogens is 367 g/mol. The van der Waals surface area contributed by atoms with E-state index in [9.17, 15) is 4.79 Å². The Kier molecular flexibility index (Phi) is 7.45. The Labute approximate surface area is 135 Å². The number of rotatable bonds is 8. The van der Waals surface area contributed by atoms with E-state index in [1.54, 1.807) is 0 Å². The average Bonchev–Trinajstić information content (AvgIpc) is 2.36. The molecule has 0 radical (unpaired) electrons. The first-order valence-corrected chi connectivity index (χ1v) is 9.66. The Balaban J connectivity index is 5.28. The van der Waals surface area contributed by atoms with Crippen LogP contribution in [0.25, 0.3) is 0 Å². The molecule has 0 fully saturated rings. The zero-order chi connectivity index (χ0) is 16.2. The molecule has 0 saturated heterocycles. The van der Waals surface area contributed by atoms with Crippen LogP contribution in [0.15, 0.2) is 0 Å². The van der Waals surface area contributed by atoms with Crippen molar-refractivity contribution in [2.24, 2.45) is 15.3 Å². The first kappa shape index (κ1) is 20.1. The summed E-state index contributed by atoms with van der Waals surface area (Å²) in [5.74, 6) is 0.142. The van der Waals surface area contributed by atoms with Crippen LogP contribution in [-0.4, -0.2) is 17.1 Å². The second-order valence-electron chi connectivity index (χ2n) is 6.73. The van der Waals surface area contributed by atoms with Crippen molar-refractivity contribution in [2.45, 2.75) is 79.4 Å². The van der Waals surface area contributed by atoms with E-state index in [0.29, 0.717) is 0 Å². The monoisotopic (exact) mass is 399 g/mol. The first-order valence-electron chi connectivity index (χ1n) is 7.33. The Morgan fingerprint density at radius 2 is 1.70 bits per heavy atom. The summed E-state index contributed by atoms with van der Waals surface area (Å²) in [6.07, 6.45) is 1.53. The summed E-state index contributed by atoms with van der Waals surface area (Å²) in [6.45, 7) is 16.3. The Bertz CT molecular complexity index is 334. The van der Waals surface area contributed by atoms with Crippen molar-refractivity contribution in [3.8, 4) is 0 Å². The third-order valence-electron chi connectivity index (χ3n) is 5.08. The minimum atomic E-state index is -0.567. The molecule has 0 spiro atoms. The van der Waals surface area contributed by atoms with Crippen LogP contribution >= 0.6 is 0 Å². The van der Waals surface area contributed by atoms with E-state index in [1.807, 2.05) is 27.7 Å². The Hall–Kier alpha value is 0.120. The van der Waals surface area contributed by atoms with Crippen molar-refractivity contribution < 1.29 is 31.3 Å². The maximum absolute atomic E-state index is 12.7. The van der Waals surface area contributed by atoms with Gasteiger partial charge in [-0.25, -0.2) is 0 Å². The van der Waals surface area contributed by atoms with Crippen molar-refractivity contribution in [3.63, 3.8) is 0 Å². The third-order valence-corrected chi connectivity index (χ3v) is 6.74. The quantitative estimate of drug-likeness (QED) is 0.343. The van der Waals surface area contributed by atoms with Crippen LogP contribution in [0.5, 0.6) is 0 Å². The summed E-state index contributed by atoms with van der Waals surface area (Å²) in [6, 6.07) is 0. The predicted octanol–water partition coefficient (Wildman–Crippen LogP) is 0.0165. The van der Waals surface area contributed by atoms with Crippen LogP contribution in [0.1, 0.15) is 68.2 Å². The van der Waals surface area contributed by atoms with Gasteiger partial charge in [0.05, 0.1) is 0 Å². The Morgan fingerprint density at radius 3 is 2.00 bits per heavy atom. The summed E-state index contributed by atoms with van der Waals surface area (Å²) in [5.41, 5.74) is -1.33. The molecule has 0 aliphatic heterocycles. The van der Waals surface area contributed by atoms with Crippen LogP contribution in [-0.2, 0) is 9.53 Å². The van der Waals surface area contributed by atoms with Gasteiger partial charge in [-0.15, -0.1) is 0 Å². The van der Waals surface area contributed by atoms with Crippen molar-refractivity contribution in [1.29, 1.82) is 0 Å². The van der Waals surface area contributed by atoms with E-state index in [-0.39, 0.29) is 17.4 Å². The number of hydrogen-bond acceptors (Lipinski definition) is 4. The molecule has 2 atom stereocenters. The number of halogens is 1. The molecule has 20 heavy (non-hydrogen) atoms. The molecule has 0 aliphatic carbocycles. The molecule has 0 saturated carbocycles. The van der Waals surface area contributed by atoms with Gasteiger partial charge < -0.3 is 0 Å². The third kappa shape index (κ3) is 4.07. The standard InChI is InChI=1S/C15H32IN2O2/c1-9-14(7,11(3)4)12(19)20-15(8,10-2)13(5,6)18-16-17/h11,18H,9-10,17H2,1-8H3/q-1. The van der Waals surface area contributed by atoms with Crippen LogP contribution in [0.2, 0.25) is 0 Å². The number of carbonyl (C=O) groups excluding carboxylic acids is 1. The van der Waals surface area contributed by atoms with Gasteiger partial charge in [0.25, 0.3) is 0 Å². The van der Waals surface area contributed by atoms with E-state index < -0.39 is 32.8 Å². The first-order chi connectivity index (χ1) is 9.00. The SMILES string of the molecule is CCC(C)(C(=O)OC(C)(CC)C(C)(C)N[I-]N)C(C)C. The van der Waals surface area contributed by atoms with E-state index in [0.717, 1.165) is 12.8 Å².